The normalized spacial score (nSPS) is 16.1. The van der Waals surface area contributed by atoms with Crippen molar-refractivity contribution in [3.05, 3.63) is 71.5 Å². The molecule has 0 aromatic heterocycles. The largest absolute Gasteiger partial charge is 0.445 e. The number of hydrogen-bond donors (Lipinski definition) is 0. The van der Waals surface area contributed by atoms with Gasteiger partial charge in [-0.05, 0) is 36.1 Å². The molecule has 2 aromatic carbocycles. The number of amides is 1. The quantitative estimate of drug-likeness (QED) is 0.849. The summed E-state index contributed by atoms with van der Waals surface area (Å²) in [6, 6.07) is 17.9. The van der Waals surface area contributed by atoms with E-state index in [1.54, 1.807) is 17.0 Å². The first kappa shape index (κ1) is 17.0. The molecule has 1 aliphatic rings. The van der Waals surface area contributed by atoms with Crippen molar-refractivity contribution in [1.29, 1.82) is 5.26 Å². The number of hydrogen-bond acceptors (Lipinski definition) is 3. The highest BCUT2D eigenvalue weighted by Gasteiger charge is 2.38. The zero-order valence-electron chi connectivity index (χ0n) is 13.8. The fourth-order valence-electron chi connectivity index (χ4n) is 3.12. The second-order valence-electron chi connectivity index (χ2n) is 6.23. The highest BCUT2D eigenvalue weighted by molar-refractivity contribution is 5.68. The monoisotopic (exact) mass is 338 g/mol. The van der Waals surface area contributed by atoms with E-state index in [-0.39, 0.29) is 18.5 Å². The van der Waals surface area contributed by atoms with Crippen LogP contribution in [0.15, 0.2) is 54.6 Å². The number of carbonyl (C=O) groups is 1. The lowest BCUT2D eigenvalue weighted by Gasteiger charge is -2.37. The first-order valence-electron chi connectivity index (χ1n) is 8.26. The number of piperidine rings is 1. The number of likely N-dealkylation sites (tertiary alicyclic amines) is 1. The molecule has 3 rings (SSSR count). The Morgan fingerprint density at radius 1 is 1.12 bits per heavy atom. The summed E-state index contributed by atoms with van der Waals surface area (Å²) in [5, 5.41) is 9.66. The molecule has 0 radical (unpaired) electrons. The molecular weight excluding hydrogens is 319 g/mol. The molecule has 1 saturated heterocycles. The number of halogens is 1. The van der Waals surface area contributed by atoms with Crippen LogP contribution in [0.2, 0.25) is 0 Å². The van der Waals surface area contributed by atoms with Crippen molar-refractivity contribution < 1.29 is 13.9 Å². The van der Waals surface area contributed by atoms with Crippen molar-refractivity contribution >= 4 is 6.09 Å². The van der Waals surface area contributed by atoms with E-state index < -0.39 is 5.41 Å². The van der Waals surface area contributed by atoms with Gasteiger partial charge in [-0.1, -0.05) is 42.5 Å². The minimum atomic E-state index is -0.677. The molecule has 0 unspecified atom stereocenters. The number of benzene rings is 2. The van der Waals surface area contributed by atoms with Gasteiger partial charge in [-0.2, -0.15) is 5.26 Å². The number of rotatable bonds is 3. The molecular formula is C20H19FN2O2. The minimum Gasteiger partial charge on any atom is -0.445 e. The summed E-state index contributed by atoms with van der Waals surface area (Å²) in [5.74, 6) is -0.321. The van der Waals surface area contributed by atoms with E-state index >= 15 is 0 Å². The number of carbonyl (C=O) groups excluding carboxylic acids is 1. The van der Waals surface area contributed by atoms with Crippen molar-refractivity contribution in [2.45, 2.75) is 24.9 Å². The van der Waals surface area contributed by atoms with Crippen LogP contribution in [0, 0.1) is 17.1 Å². The topological polar surface area (TPSA) is 53.3 Å². The predicted octanol–water partition coefficient (Wildman–Crippen LogP) is 4.02. The smallest absolute Gasteiger partial charge is 0.410 e. The predicted molar refractivity (Wildman–Crippen MR) is 91.1 cm³/mol. The van der Waals surface area contributed by atoms with Crippen molar-refractivity contribution in [3.8, 4) is 6.07 Å². The van der Waals surface area contributed by atoms with E-state index in [1.807, 2.05) is 30.3 Å². The first-order chi connectivity index (χ1) is 12.1. The summed E-state index contributed by atoms with van der Waals surface area (Å²) in [7, 11) is 0. The van der Waals surface area contributed by atoms with Crippen molar-refractivity contribution in [2.75, 3.05) is 13.1 Å². The van der Waals surface area contributed by atoms with Crippen molar-refractivity contribution in [1.82, 2.24) is 4.90 Å². The maximum Gasteiger partial charge on any atom is 0.410 e. The molecule has 0 bridgehead atoms. The van der Waals surface area contributed by atoms with Gasteiger partial charge in [0, 0.05) is 13.1 Å². The molecule has 1 fully saturated rings. The van der Waals surface area contributed by atoms with Gasteiger partial charge in [0.2, 0.25) is 0 Å². The van der Waals surface area contributed by atoms with E-state index in [0.717, 1.165) is 11.1 Å². The summed E-state index contributed by atoms with van der Waals surface area (Å²) in [6.45, 7) is 1.12. The summed E-state index contributed by atoms with van der Waals surface area (Å²) < 4.78 is 18.5. The second-order valence-corrected chi connectivity index (χ2v) is 6.23. The third-order valence-corrected chi connectivity index (χ3v) is 4.69. The van der Waals surface area contributed by atoms with Crippen LogP contribution < -0.4 is 0 Å². The van der Waals surface area contributed by atoms with E-state index in [4.69, 9.17) is 4.74 Å². The lowest BCUT2D eigenvalue weighted by molar-refractivity contribution is 0.0826. The van der Waals surface area contributed by atoms with Crippen molar-refractivity contribution in [3.63, 3.8) is 0 Å². The number of nitrogens with zero attached hydrogens (tertiary/aromatic N) is 2. The molecule has 1 heterocycles. The van der Waals surface area contributed by atoms with E-state index in [2.05, 4.69) is 6.07 Å². The molecule has 1 aliphatic heterocycles. The van der Waals surface area contributed by atoms with Gasteiger partial charge in [0.1, 0.15) is 12.4 Å². The van der Waals surface area contributed by atoms with E-state index in [0.29, 0.717) is 25.9 Å². The second kappa shape index (κ2) is 7.35. The van der Waals surface area contributed by atoms with Crippen LogP contribution in [0.3, 0.4) is 0 Å². The average molecular weight is 338 g/mol. The van der Waals surface area contributed by atoms with Crippen LogP contribution in [-0.2, 0) is 16.8 Å². The minimum absolute atomic E-state index is 0.234. The van der Waals surface area contributed by atoms with Crippen LogP contribution >= 0.6 is 0 Å². The first-order valence-corrected chi connectivity index (χ1v) is 8.26. The summed E-state index contributed by atoms with van der Waals surface area (Å²) in [4.78, 5) is 13.9. The van der Waals surface area contributed by atoms with Gasteiger partial charge in [-0.15, -0.1) is 0 Å². The molecule has 0 atom stereocenters. The molecule has 1 amide bonds. The third kappa shape index (κ3) is 3.80. The Morgan fingerprint density at radius 2 is 1.76 bits per heavy atom. The Kier molecular flexibility index (Phi) is 4.99. The Bertz CT molecular complexity index is 761. The molecule has 128 valence electrons. The lowest BCUT2D eigenvalue weighted by Crippen LogP contribution is -2.44. The van der Waals surface area contributed by atoms with Crippen LogP contribution in [-0.4, -0.2) is 24.1 Å². The molecule has 2 aromatic rings. The molecule has 5 heteroatoms. The van der Waals surface area contributed by atoms with Crippen LogP contribution in [0.5, 0.6) is 0 Å². The maximum atomic E-state index is 13.1. The van der Waals surface area contributed by atoms with Gasteiger partial charge >= 0.3 is 6.09 Å². The van der Waals surface area contributed by atoms with Crippen LogP contribution in [0.4, 0.5) is 9.18 Å². The number of nitriles is 1. The zero-order valence-corrected chi connectivity index (χ0v) is 13.8. The SMILES string of the molecule is N#CC1(c2ccc(F)cc2)CCN(C(=O)OCc2ccccc2)CC1. The highest BCUT2D eigenvalue weighted by Crippen LogP contribution is 2.35. The molecule has 4 nitrogen and oxygen atoms in total. The fourth-order valence-corrected chi connectivity index (χ4v) is 3.12. The Morgan fingerprint density at radius 3 is 2.36 bits per heavy atom. The van der Waals surface area contributed by atoms with Gasteiger partial charge in [0.05, 0.1) is 11.5 Å². The zero-order chi connectivity index (χ0) is 17.7. The highest BCUT2D eigenvalue weighted by atomic mass is 19.1. The average Bonchev–Trinajstić information content (AvgIpc) is 2.67. The Balaban J connectivity index is 1.59. The standard InChI is InChI=1S/C20H19FN2O2/c21-18-8-6-17(7-9-18)20(15-22)10-12-23(13-11-20)19(24)25-14-16-4-2-1-3-5-16/h1-9H,10-14H2. The third-order valence-electron chi connectivity index (χ3n) is 4.69. The molecule has 0 N–H and O–H groups in total. The van der Waals surface area contributed by atoms with Crippen LogP contribution in [0.25, 0.3) is 0 Å². The van der Waals surface area contributed by atoms with Gasteiger partial charge in [-0.25, -0.2) is 9.18 Å². The molecule has 25 heavy (non-hydrogen) atoms. The molecule has 0 aliphatic carbocycles. The van der Waals surface area contributed by atoms with Crippen molar-refractivity contribution in [2.24, 2.45) is 0 Å². The maximum absolute atomic E-state index is 13.1. The lowest BCUT2D eigenvalue weighted by atomic mass is 9.74. The summed E-state index contributed by atoms with van der Waals surface area (Å²) in [6.07, 6.45) is 0.653. The summed E-state index contributed by atoms with van der Waals surface area (Å²) >= 11 is 0. The Labute approximate surface area is 146 Å². The fraction of sp³-hybridized carbons (Fsp3) is 0.300. The van der Waals surface area contributed by atoms with Gasteiger partial charge in [-0.3, -0.25) is 0 Å². The number of ether oxygens (including phenoxy) is 1. The van der Waals surface area contributed by atoms with E-state index in [1.165, 1.54) is 12.1 Å². The van der Waals surface area contributed by atoms with Gasteiger partial charge in [0.15, 0.2) is 0 Å². The van der Waals surface area contributed by atoms with Gasteiger partial charge < -0.3 is 9.64 Å². The van der Waals surface area contributed by atoms with Crippen LogP contribution in [0.1, 0.15) is 24.0 Å². The summed E-state index contributed by atoms with van der Waals surface area (Å²) in [5.41, 5.74) is 1.06. The Hall–Kier alpha value is -2.87. The molecule has 0 spiro atoms. The van der Waals surface area contributed by atoms with Gasteiger partial charge in [0.25, 0.3) is 0 Å². The molecule has 0 saturated carbocycles. The van der Waals surface area contributed by atoms with E-state index in [9.17, 15) is 14.4 Å².